The van der Waals surface area contributed by atoms with Crippen LogP contribution in [0.4, 0.5) is 17.6 Å². The fourth-order valence-electron chi connectivity index (χ4n) is 0.773. The van der Waals surface area contributed by atoms with Crippen molar-refractivity contribution < 1.29 is 17.6 Å². The second kappa shape index (κ2) is 7.88. The highest BCUT2D eigenvalue weighted by atomic mass is 79.9. The zero-order valence-corrected chi connectivity index (χ0v) is 12.7. The monoisotopic (exact) mass is 395 g/mol. The first-order chi connectivity index (χ1) is 8.22. The summed E-state index contributed by atoms with van der Waals surface area (Å²) in [6.45, 7) is 2.96. The normalized spacial score (nSPS) is 15.6. The fraction of sp³-hybridized carbons (Fsp3) is 0.556. The molecule has 18 heavy (non-hydrogen) atoms. The average molecular weight is 397 g/mol. The number of aliphatic imine (C=N–C) groups is 2. The van der Waals surface area contributed by atoms with Crippen LogP contribution in [-0.4, -0.2) is 23.3 Å². The van der Waals surface area contributed by atoms with Gasteiger partial charge < -0.3 is 5.32 Å². The van der Waals surface area contributed by atoms with Crippen molar-refractivity contribution in [2.24, 2.45) is 9.98 Å². The van der Waals surface area contributed by atoms with Gasteiger partial charge in [0.25, 0.3) is 0 Å². The van der Waals surface area contributed by atoms with Gasteiger partial charge in [0, 0.05) is 6.54 Å². The van der Waals surface area contributed by atoms with Gasteiger partial charge in [-0.05, 0) is 45.2 Å². The lowest BCUT2D eigenvalue weighted by Crippen LogP contribution is -2.25. The maximum absolute atomic E-state index is 13.0. The highest BCUT2D eigenvalue weighted by Crippen LogP contribution is 2.19. The number of halogens is 6. The zero-order chi connectivity index (χ0) is 14.3. The molecule has 0 fully saturated rings. The molecule has 0 aromatic heterocycles. The number of hydrogen-bond acceptors (Lipinski definition) is 1. The van der Waals surface area contributed by atoms with E-state index in [9.17, 15) is 17.6 Å². The first-order valence-electron chi connectivity index (χ1n) is 4.89. The van der Waals surface area contributed by atoms with Gasteiger partial charge in [0.2, 0.25) is 5.84 Å². The Balaban J connectivity index is 5.02. The summed E-state index contributed by atoms with van der Waals surface area (Å²) in [6.07, 6.45) is -4.56. The molecule has 1 N–H and O–H groups in total. The molecule has 0 heterocycles. The van der Waals surface area contributed by atoms with E-state index in [2.05, 4.69) is 47.2 Å². The van der Waals surface area contributed by atoms with Gasteiger partial charge in [-0.15, -0.1) is 0 Å². The van der Waals surface area contributed by atoms with Crippen molar-refractivity contribution in [1.29, 1.82) is 0 Å². The minimum absolute atomic E-state index is 0.0566. The third-order valence-corrected chi connectivity index (χ3v) is 2.53. The van der Waals surface area contributed by atoms with Crippen molar-refractivity contribution in [3.05, 3.63) is 10.4 Å². The number of rotatable bonds is 3. The number of alkyl halides is 3. The first-order valence-corrected chi connectivity index (χ1v) is 6.47. The van der Waals surface area contributed by atoms with Crippen LogP contribution in [0.25, 0.3) is 0 Å². The summed E-state index contributed by atoms with van der Waals surface area (Å²) in [5.74, 6) is -1.83. The summed E-state index contributed by atoms with van der Waals surface area (Å²) in [5.41, 5.74) is 0. The van der Waals surface area contributed by atoms with Gasteiger partial charge in [0.15, 0.2) is 4.74 Å². The molecule has 0 radical (unpaired) electrons. The Bertz CT molecular complexity index is 374. The maximum atomic E-state index is 13.0. The third-order valence-electron chi connectivity index (χ3n) is 1.53. The van der Waals surface area contributed by atoms with Crippen LogP contribution in [0.2, 0.25) is 0 Å². The molecular weight excluding hydrogens is 386 g/mol. The van der Waals surface area contributed by atoms with E-state index >= 15 is 0 Å². The van der Waals surface area contributed by atoms with E-state index in [4.69, 9.17) is 0 Å². The van der Waals surface area contributed by atoms with Crippen molar-refractivity contribution in [2.45, 2.75) is 26.4 Å². The standard InChI is InChI=1S/C9H11Br2F4N3/c1-3-5(12)6(10)17-8(11)18-7(16-4-2)9(13,14)15/h3-4H2,1-2H3,(H,16,17,18)/b6-5+. The molecule has 0 aliphatic carbocycles. The zero-order valence-electron chi connectivity index (χ0n) is 9.58. The highest BCUT2D eigenvalue weighted by molar-refractivity contribution is 9.18. The summed E-state index contributed by atoms with van der Waals surface area (Å²) >= 11 is 5.61. The molecule has 0 aromatic rings. The van der Waals surface area contributed by atoms with Crippen molar-refractivity contribution in [2.75, 3.05) is 6.54 Å². The van der Waals surface area contributed by atoms with E-state index in [1.807, 2.05) is 0 Å². The number of amidine groups is 2. The Morgan fingerprint density at radius 2 is 1.78 bits per heavy atom. The van der Waals surface area contributed by atoms with Gasteiger partial charge in [-0.2, -0.15) is 13.2 Å². The van der Waals surface area contributed by atoms with E-state index in [1.54, 1.807) is 6.92 Å². The van der Waals surface area contributed by atoms with E-state index < -0.39 is 17.8 Å². The molecule has 9 heteroatoms. The average Bonchev–Trinajstić information content (AvgIpc) is 2.25. The van der Waals surface area contributed by atoms with Crippen LogP contribution >= 0.6 is 31.9 Å². The number of nitrogens with zero attached hydrogens (tertiary/aromatic N) is 2. The van der Waals surface area contributed by atoms with Gasteiger partial charge in [-0.1, -0.05) is 6.92 Å². The van der Waals surface area contributed by atoms with Gasteiger partial charge in [-0.3, -0.25) is 4.99 Å². The van der Waals surface area contributed by atoms with Gasteiger partial charge in [0.1, 0.15) is 10.4 Å². The Morgan fingerprint density at radius 3 is 2.17 bits per heavy atom. The summed E-state index contributed by atoms with van der Waals surface area (Å²) in [5, 5.41) is 2.30. The molecule has 0 bridgehead atoms. The van der Waals surface area contributed by atoms with Crippen molar-refractivity contribution in [1.82, 2.24) is 5.32 Å². The third kappa shape index (κ3) is 6.48. The van der Waals surface area contributed by atoms with E-state index in [0.717, 1.165) is 0 Å². The number of nitrogens with one attached hydrogen (secondary N) is 1. The van der Waals surface area contributed by atoms with Crippen LogP contribution in [0.15, 0.2) is 20.4 Å². The SMILES string of the molecule is CCN=C(N=C(Br)N/C(Br)=C(/F)CC)C(F)(F)F. The lowest BCUT2D eigenvalue weighted by Gasteiger charge is -2.08. The Kier molecular flexibility index (Phi) is 7.69. The topological polar surface area (TPSA) is 36.8 Å². The molecule has 0 spiro atoms. The molecule has 0 saturated carbocycles. The van der Waals surface area contributed by atoms with E-state index in [-0.39, 0.29) is 22.3 Å². The molecule has 0 aliphatic rings. The molecule has 0 amide bonds. The minimum atomic E-state index is -4.66. The van der Waals surface area contributed by atoms with Crippen LogP contribution in [0.1, 0.15) is 20.3 Å². The van der Waals surface area contributed by atoms with Crippen LogP contribution < -0.4 is 5.32 Å². The van der Waals surface area contributed by atoms with Crippen LogP contribution in [0, 0.1) is 0 Å². The quantitative estimate of drug-likeness (QED) is 0.329. The van der Waals surface area contributed by atoms with Crippen LogP contribution in [0.5, 0.6) is 0 Å². The Morgan fingerprint density at radius 1 is 1.22 bits per heavy atom. The van der Waals surface area contributed by atoms with Gasteiger partial charge in [-0.25, -0.2) is 9.38 Å². The lowest BCUT2D eigenvalue weighted by molar-refractivity contribution is -0.0598. The summed E-state index contributed by atoms with van der Waals surface area (Å²) in [7, 11) is 0. The molecule has 104 valence electrons. The van der Waals surface area contributed by atoms with Crippen molar-refractivity contribution in [3.8, 4) is 0 Å². The van der Waals surface area contributed by atoms with Crippen molar-refractivity contribution >= 4 is 42.4 Å². The summed E-state index contributed by atoms with van der Waals surface area (Å²) < 4.78 is 50.0. The Labute approximate surface area is 119 Å². The molecule has 0 rings (SSSR count). The van der Waals surface area contributed by atoms with Gasteiger partial charge >= 0.3 is 6.18 Å². The van der Waals surface area contributed by atoms with Crippen LogP contribution in [-0.2, 0) is 0 Å². The molecule has 0 saturated heterocycles. The number of hydrogen-bond donors (Lipinski definition) is 1. The fourth-order valence-corrected chi connectivity index (χ4v) is 1.87. The molecular formula is C9H11Br2F4N3. The molecule has 0 aromatic carbocycles. The Hall–Kier alpha value is -0.440. The predicted molar refractivity (Wildman–Crippen MR) is 70.9 cm³/mol. The molecule has 0 unspecified atom stereocenters. The molecule has 3 nitrogen and oxygen atoms in total. The predicted octanol–water partition coefficient (Wildman–Crippen LogP) is 4.25. The lowest BCUT2D eigenvalue weighted by atomic mass is 10.4. The molecule has 0 atom stereocenters. The smallest absolute Gasteiger partial charge is 0.326 e. The summed E-state index contributed by atoms with van der Waals surface area (Å²) in [6, 6.07) is 0. The maximum Gasteiger partial charge on any atom is 0.451 e. The summed E-state index contributed by atoms with van der Waals surface area (Å²) in [4.78, 5) is 6.43. The van der Waals surface area contributed by atoms with E-state index in [1.165, 1.54) is 6.92 Å². The molecule has 0 aliphatic heterocycles. The minimum Gasteiger partial charge on any atom is -0.326 e. The second-order valence-corrected chi connectivity index (χ2v) is 4.44. The van der Waals surface area contributed by atoms with E-state index in [0.29, 0.717) is 0 Å². The van der Waals surface area contributed by atoms with Crippen LogP contribution in [0.3, 0.4) is 0 Å². The second-order valence-electron chi connectivity index (χ2n) is 2.90. The van der Waals surface area contributed by atoms with Gasteiger partial charge in [0.05, 0.1) is 0 Å². The number of allylic oxidation sites excluding steroid dienone is 1. The highest BCUT2D eigenvalue weighted by Gasteiger charge is 2.36. The first kappa shape index (κ1) is 17.6. The largest absolute Gasteiger partial charge is 0.451 e. The van der Waals surface area contributed by atoms with Crippen molar-refractivity contribution in [3.63, 3.8) is 0 Å².